The predicted octanol–water partition coefficient (Wildman–Crippen LogP) is 3.24. The molecule has 110 valence electrons. The molecule has 0 aliphatic heterocycles. The van der Waals surface area contributed by atoms with Crippen LogP contribution in [0.15, 0.2) is 24.3 Å². The smallest absolute Gasteiger partial charge is 0.226 e. The third kappa shape index (κ3) is 3.75. The number of carbonyl (C=O) groups excluding carboxylic acids is 1. The van der Waals surface area contributed by atoms with Crippen molar-refractivity contribution in [1.29, 1.82) is 0 Å². The summed E-state index contributed by atoms with van der Waals surface area (Å²) in [6.07, 6.45) is 5.12. The van der Waals surface area contributed by atoms with Crippen LogP contribution in [-0.2, 0) is 11.2 Å². The van der Waals surface area contributed by atoms with Crippen molar-refractivity contribution < 1.29 is 4.79 Å². The zero-order chi connectivity index (χ0) is 14.8. The van der Waals surface area contributed by atoms with Gasteiger partial charge in [0.2, 0.25) is 5.91 Å². The molecule has 2 rings (SSSR count). The number of benzene rings is 1. The zero-order valence-corrected chi connectivity index (χ0v) is 12.9. The minimum absolute atomic E-state index is 0.208. The highest BCUT2D eigenvalue weighted by Crippen LogP contribution is 2.36. The van der Waals surface area contributed by atoms with Gasteiger partial charge in [0, 0.05) is 18.8 Å². The SMILES string of the molecule is CN(C(=O)Cc1ccc(N)cc1)C1CCC(C)(C)CC1. The molecule has 1 saturated carbocycles. The zero-order valence-electron chi connectivity index (χ0n) is 12.9. The van der Waals surface area contributed by atoms with E-state index in [9.17, 15) is 4.79 Å². The summed E-state index contributed by atoms with van der Waals surface area (Å²) >= 11 is 0. The van der Waals surface area contributed by atoms with Gasteiger partial charge in [0.25, 0.3) is 0 Å². The molecule has 0 heterocycles. The van der Waals surface area contributed by atoms with Crippen LogP contribution in [0.3, 0.4) is 0 Å². The topological polar surface area (TPSA) is 46.3 Å². The Labute approximate surface area is 122 Å². The average Bonchev–Trinajstić information content (AvgIpc) is 2.40. The molecule has 0 spiro atoms. The van der Waals surface area contributed by atoms with Crippen molar-refractivity contribution >= 4 is 11.6 Å². The minimum atomic E-state index is 0.208. The second-order valence-electron chi connectivity index (χ2n) is 6.82. The quantitative estimate of drug-likeness (QED) is 0.860. The Hall–Kier alpha value is -1.51. The summed E-state index contributed by atoms with van der Waals surface area (Å²) in [5, 5.41) is 0. The minimum Gasteiger partial charge on any atom is -0.399 e. The highest BCUT2D eigenvalue weighted by molar-refractivity contribution is 5.79. The predicted molar refractivity (Wildman–Crippen MR) is 83.4 cm³/mol. The lowest BCUT2D eigenvalue weighted by atomic mass is 9.75. The van der Waals surface area contributed by atoms with Gasteiger partial charge in [-0.25, -0.2) is 0 Å². The van der Waals surface area contributed by atoms with Gasteiger partial charge in [-0.05, 0) is 48.8 Å². The number of hydrogen-bond acceptors (Lipinski definition) is 2. The van der Waals surface area contributed by atoms with Gasteiger partial charge < -0.3 is 10.6 Å². The molecule has 0 bridgehead atoms. The number of nitrogens with zero attached hydrogens (tertiary/aromatic N) is 1. The van der Waals surface area contributed by atoms with Gasteiger partial charge in [-0.1, -0.05) is 26.0 Å². The summed E-state index contributed by atoms with van der Waals surface area (Å²) in [6.45, 7) is 4.64. The molecular weight excluding hydrogens is 248 g/mol. The van der Waals surface area contributed by atoms with E-state index < -0.39 is 0 Å². The Morgan fingerprint density at radius 3 is 2.35 bits per heavy atom. The Kier molecular flexibility index (Phi) is 4.36. The third-order valence-corrected chi connectivity index (χ3v) is 4.58. The molecule has 1 amide bonds. The molecule has 1 aromatic carbocycles. The Morgan fingerprint density at radius 1 is 1.25 bits per heavy atom. The number of anilines is 1. The van der Waals surface area contributed by atoms with E-state index in [-0.39, 0.29) is 5.91 Å². The van der Waals surface area contributed by atoms with Crippen LogP contribution in [-0.4, -0.2) is 23.9 Å². The molecule has 0 radical (unpaired) electrons. The van der Waals surface area contributed by atoms with Crippen LogP contribution < -0.4 is 5.73 Å². The number of hydrogen-bond donors (Lipinski definition) is 1. The normalized spacial score (nSPS) is 18.8. The van der Waals surface area contributed by atoms with Crippen molar-refractivity contribution in [3.05, 3.63) is 29.8 Å². The standard InChI is InChI=1S/C17H26N2O/c1-17(2)10-8-15(9-11-17)19(3)16(20)12-13-4-6-14(18)7-5-13/h4-7,15H,8-12,18H2,1-3H3. The van der Waals surface area contributed by atoms with Crippen LogP contribution >= 0.6 is 0 Å². The average molecular weight is 274 g/mol. The lowest BCUT2D eigenvalue weighted by Gasteiger charge is -2.38. The molecule has 1 aliphatic rings. The summed E-state index contributed by atoms with van der Waals surface area (Å²) in [7, 11) is 1.95. The molecular formula is C17H26N2O. The lowest BCUT2D eigenvalue weighted by molar-refractivity contribution is -0.132. The van der Waals surface area contributed by atoms with Gasteiger partial charge in [-0.15, -0.1) is 0 Å². The van der Waals surface area contributed by atoms with Crippen LogP contribution in [0.2, 0.25) is 0 Å². The van der Waals surface area contributed by atoms with Crippen molar-refractivity contribution in [2.75, 3.05) is 12.8 Å². The molecule has 2 N–H and O–H groups in total. The summed E-state index contributed by atoms with van der Waals surface area (Å²) in [5.41, 5.74) is 7.88. The molecule has 0 aromatic heterocycles. The molecule has 1 aliphatic carbocycles. The fraction of sp³-hybridized carbons (Fsp3) is 0.588. The second kappa shape index (κ2) is 5.86. The van der Waals surface area contributed by atoms with Gasteiger partial charge in [0.1, 0.15) is 0 Å². The second-order valence-corrected chi connectivity index (χ2v) is 6.82. The molecule has 3 heteroatoms. The van der Waals surface area contributed by atoms with E-state index in [4.69, 9.17) is 5.73 Å². The molecule has 1 fully saturated rings. The van der Waals surface area contributed by atoms with Gasteiger partial charge in [-0.2, -0.15) is 0 Å². The lowest BCUT2D eigenvalue weighted by Crippen LogP contribution is -2.41. The summed E-state index contributed by atoms with van der Waals surface area (Å²) in [6, 6.07) is 7.98. The number of rotatable bonds is 3. The molecule has 0 atom stereocenters. The van der Waals surface area contributed by atoms with E-state index in [0.29, 0.717) is 17.9 Å². The van der Waals surface area contributed by atoms with E-state index in [0.717, 1.165) is 24.1 Å². The Morgan fingerprint density at radius 2 is 1.80 bits per heavy atom. The van der Waals surface area contributed by atoms with Crippen molar-refractivity contribution in [3.8, 4) is 0 Å². The maximum Gasteiger partial charge on any atom is 0.226 e. The van der Waals surface area contributed by atoms with E-state index >= 15 is 0 Å². The molecule has 0 saturated heterocycles. The van der Waals surface area contributed by atoms with Crippen molar-refractivity contribution in [1.82, 2.24) is 4.90 Å². The highest BCUT2D eigenvalue weighted by Gasteiger charge is 2.30. The highest BCUT2D eigenvalue weighted by atomic mass is 16.2. The van der Waals surface area contributed by atoms with E-state index in [1.165, 1.54) is 12.8 Å². The van der Waals surface area contributed by atoms with Crippen molar-refractivity contribution in [2.24, 2.45) is 5.41 Å². The number of nitrogen functional groups attached to an aromatic ring is 1. The first-order valence-electron chi connectivity index (χ1n) is 7.47. The summed E-state index contributed by atoms with van der Waals surface area (Å²) in [4.78, 5) is 14.3. The maximum atomic E-state index is 12.4. The third-order valence-electron chi connectivity index (χ3n) is 4.58. The number of carbonyl (C=O) groups is 1. The van der Waals surface area contributed by atoms with Crippen LogP contribution in [0.5, 0.6) is 0 Å². The van der Waals surface area contributed by atoms with E-state index in [1.54, 1.807) is 0 Å². The summed E-state index contributed by atoms with van der Waals surface area (Å²) in [5.74, 6) is 0.208. The van der Waals surface area contributed by atoms with E-state index in [1.807, 2.05) is 36.2 Å². The first-order chi connectivity index (χ1) is 9.37. The Balaban J connectivity index is 1.90. The van der Waals surface area contributed by atoms with Gasteiger partial charge >= 0.3 is 0 Å². The number of nitrogens with two attached hydrogens (primary N) is 1. The van der Waals surface area contributed by atoms with Crippen molar-refractivity contribution in [3.63, 3.8) is 0 Å². The van der Waals surface area contributed by atoms with Crippen LogP contribution in [0.1, 0.15) is 45.1 Å². The molecule has 20 heavy (non-hydrogen) atoms. The maximum absolute atomic E-state index is 12.4. The fourth-order valence-corrected chi connectivity index (χ4v) is 2.91. The largest absolute Gasteiger partial charge is 0.399 e. The van der Waals surface area contributed by atoms with Crippen LogP contribution in [0.25, 0.3) is 0 Å². The molecule has 0 unspecified atom stereocenters. The molecule has 1 aromatic rings. The van der Waals surface area contributed by atoms with E-state index in [2.05, 4.69) is 13.8 Å². The van der Waals surface area contributed by atoms with Crippen molar-refractivity contribution in [2.45, 2.75) is 52.0 Å². The Bertz CT molecular complexity index is 454. The number of likely N-dealkylation sites (N-methyl/N-ethyl adjacent to an activating group) is 1. The van der Waals surface area contributed by atoms with Crippen LogP contribution in [0, 0.1) is 5.41 Å². The molecule has 3 nitrogen and oxygen atoms in total. The first kappa shape index (κ1) is 14.9. The van der Waals surface area contributed by atoms with Gasteiger partial charge in [-0.3, -0.25) is 4.79 Å². The number of amides is 1. The first-order valence-corrected chi connectivity index (χ1v) is 7.47. The fourth-order valence-electron chi connectivity index (χ4n) is 2.91. The van der Waals surface area contributed by atoms with Gasteiger partial charge in [0.05, 0.1) is 6.42 Å². The van der Waals surface area contributed by atoms with Crippen LogP contribution in [0.4, 0.5) is 5.69 Å². The summed E-state index contributed by atoms with van der Waals surface area (Å²) < 4.78 is 0. The van der Waals surface area contributed by atoms with Gasteiger partial charge in [0.15, 0.2) is 0 Å². The monoisotopic (exact) mass is 274 g/mol.